The van der Waals surface area contributed by atoms with E-state index < -0.39 is 6.04 Å². The minimum absolute atomic E-state index is 0.317. The number of hydrogen-bond acceptors (Lipinski definition) is 2. The van der Waals surface area contributed by atoms with Crippen LogP contribution in [0, 0.1) is 11.6 Å². The Morgan fingerprint density at radius 2 is 1.85 bits per heavy atom. The standard InChI is InChI=1S/C14H12Br2F2N2/c15-9-2-1-8(13(18)6-9)5-14(20-19)11-7-10(17)3-4-12(11)16/h1-4,6-7,14,20H,5,19H2. The van der Waals surface area contributed by atoms with Crippen molar-refractivity contribution in [3.8, 4) is 0 Å². The molecular formula is C14H12Br2F2N2. The maximum absolute atomic E-state index is 13.9. The van der Waals surface area contributed by atoms with Crippen LogP contribution in [0.4, 0.5) is 8.78 Å². The Hall–Kier alpha value is -0.820. The first-order valence-electron chi connectivity index (χ1n) is 5.86. The monoisotopic (exact) mass is 404 g/mol. The molecule has 1 atom stereocenters. The van der Waals surface area contributed by atoms with Gasteiger partial charge < -0.3 is 0 Å². The Morgan fingerprint density at radius 3 is 2.50 bits per heavy atom. The quantitative estimate of drug-likeness (QED) is 0.589. The second kappa shape index (κ2) is 6.76. The van der Waals surface area contributed by atoms with Gasteiger partial charge in [-0.25, -0.2) is 8.78 Å². The molecule has 0 saturated carbocycles. The van der Waals surface area contributed by atoms with E-state index in [1.54, 1.807) is 18.2 Å². The summed E-state index contributed by atoms with van der Waals surface area (Å²) in [5.41, 5.74) is 3.76. The fraction of sp³-hybridized carbons (Fsp3) is 0.143. The molecular weight excluding hydrogens is 394 g/mol. The van der Waals surface area contributed by atoms with Crippen molar-refractivity contribution >= 4 is 31.9 Å². The average Bonchev–Trinajstić information content (AvgIpc) is 2.41. The van der Waals surface area contributed by atoms with Crippen molar-refractivity contribution in [3.63, 3.8) is 0 Å². The van der Waals surface area contributed by atoms with Gasteiger partial charge in [0.2, 0.25) is 0 Å². The third-order valence-corrected chi connectivity index (χ3v) is 4.19. The third kappa shape index (κ3) is 3.63. The normalized spacial score (nSPS) is 12.4. The van der Waals surface area contributed by atoms with Crippen LogP contribution in [0.25, 0.3) is 0 Å². The minimum Gasteiger partial charge on any atom is -0.271 e. The fourth-order valence-electron chi connectivity index (χ4n) is 1.95. The van der Waals surface area contributed by atoms with Crippen LogP contribution in [-0.2, 0) is 6.42 Å². The molecule has 6 heteroatoms. The molecule has 0 aromatic heterocycles. The average molecular weight is 406 g/mol. The van der Waals surface area contributed by atoms with Gasteiger partial charge in [-0.3, -0.25) is 11.3 Å². The van der Waals surface area contributed by atoms with Crippen LogP contribution in [0.15, 0.2) is 45.3 Å². The molecule has 1 unspecified atom stereocenters. The number of nitrogens with two attached hydrogens (primary N) is 1. The summed E-state index contributed by atoms with van der Waals surface area (Å²) in [5, 5.41) is 0. The van der Waals surface area contributed by atoms with Crippen LogP contribution >= 0.6 is 31.9 Å². The molecule has 106 valence electrons. The van der Waals surface area contributed by atoms with Gasteiger partial charge in [-0.1, -0.05) is 37.9 Å². The lowest BCUT2D eigenvalue weighted by Gasteiger charge is -2.18. The first kappa shape index (κ1) is 15.6. The molecule has 0 aliphatic rings. The van der Waals surface area contributed by atoms with Crippen molar-refractivity contribution in [2.45, 2.75) is 12.5 Å². The van der Waals surface area contributed by atoms with Crippen LogP contribution < -0.4 is 11.3 Å². The highest BCUT2D eigenvalue weighted by atomic mass is 79.9. The Morgan fingerprint density at radius 1 is 1.10 bits per heavy atom. The lowest BCUT2D eigenvalue weighted by molar-refractivity contribution is 0.523. The predicted octanol–water partition coefficient (Wildman–Crippen LogP) is 4.24. The predicted molar refractivity (Wildman–Crippen MR) is 82.0 cm³/mol. The second-order valence-corrected chi connectivity index (χ2v) is 6.09. The molecule has 3 N–H and O–H groups in total. The van der Waals surface area contributed by atoms with Crippen LogP contribution in [-0.4, -0.2) is 0 Å². The van der Waals surface area contributed by atoms with Gasteiger partial charge in [0.25, 0.3) is 0 Å². The lowest BCUT2D eigenvalue weighted by Crippen LogP contribution is -2.30. The zero-order valence-corrected chi connectivity index (χ0v) is 13.5. The Bertz CT molecular complexity index is 620. The summed E-state index contributed by atoms with van der Waals surface area (Å²) in [7, 11) is 0. The first-order chi connectivity index (χ1) is 9.51. The van der Waals surface area contributed by atoms with Crippen LogP contribution in [0.1, 0.15) is 17.2 Å². The number of benzene rings is 2. The molecule has 0 heterocycles. The van der Waals surface area contributed by atoms with Crippen LogP contribution in [0.5, 0.6) is 0 Å². The van der Waals surface area contributed by atoms with E-state index in [4.69, 9.17) is 5.84 Å². The van der Waals surface area contributed by atoms with Gasteiger partial charge in [-0.2, -0.15) is 0 Å². The highest BCUT2D eigenvalue weighted by Gasteiger charge is 2.16. The molecule has 0 spiro atoms. The van der Waals surface area contributed by atoms with Gasteiger partial charge in [-0.05, 0) is 47.9 Å². The summed E-state index contributed by atoms with van der Waals surface area (Å²) in [6.07, 6.45) is 0.317. The molecule has 2 rings (SSSR count). The van der Waals surface area contributed by atoms with E-state index in [9.17, 15) is 8.78 Å². The number of nitrogens with one attached hydrogen (secondary N) is 1. The molecule has 2 aromatic carbocycles. The molecule has 0 amide bonds. The fourth-order valence-corrected chi connectivity index (χ4v) is 2.80. The number of rotatable bonds is 4. The zero-order chi connectivity index (χ0) is 14.7. The van der Waals surface area contributed by atoms with Crippen molar-refractivity contribution < 1.29 is 8.78 Å². The Kier molecular flexibility index (Phi) is 5.26. The van der Waals surface area contributed by atoms with Gasteiger partial charge in [0.15, 0.2) is 0 Å². The van der Waals surface area contributed by atoms with E-state index in [2.05, 4.69) is 37.3 Å². The van der Waals surface area contributed by atoms with Crippen molar-refractivity contribution in [3.05, 3.63) is 68.1 Å². The van der Waals surface area contributed by atoms with Gasteiger partial charge >= 0.3 is 0 Å². The molecule has 0 aliphatic carbocycles. The molecule has 0 fully saturated rings. The number of hydrazine groups is 1. The molecule has 2 aromatic rings. The smallest absolute Gasteiger partial charge is 0.127 e. The SMILES string of the molecule is NNC(Cc1ccc(Br)cc1F)c1cc(F)ccc1Br. The van der Waals surface area contributed by atoms with E-state index in [1.165, 1.54) is 18.2 Å². The topological polar surface area (TPSA) is 38.0 Å². The minimum atomic E-state index is -0.393. The van der Waals surface area contributed by atoms with E-state index in [-0.39, 0.29) is 11.6 Å². The summed E-state index contributed by atoms with van der Waals surface area (Å²) in [6, 6.07) is 8.77. The summed E-state index contributed by atoms with van der Waals surface area (Å²) in [4.78, 5) is 0. The van der Waals surface area contributed by atoms with E-state index in [0.717, 1.165) is 4.47 Å². The van der Waals surface area contributed by atoms with Crippen molar-refractivity contribution in [2.24, 2.45) is 5.84 Å². The second-order valence-electron chi connectivity index (χ2n) is 4.32. The van der Waals surface area contributed by atoms with Crippen LogP contribution in [0.3, 0.4) is 0 Å². The summed E-state index contributed by atoms with van der Waals surface area (Å²) in [6.45, 7) is 0. The van der Waals surface area contributed by atoms with Gasteiger partial charge in [0, 0.05) is 8.95 Å². The molecule has 2 nitrogen and oxygen atoms in total. The number of hydrogen-bond donors (Lipinski definition) is 2. The first-order valence-corrected chi connectivity index (χ1v) is 7.45. The van der Waals surface area contributed by atoms with Crippen molar-refractivity contribution in [1.82, 2.24) is 5.43 Å². The molecule has 0 aliphatic heterocycles. The highest BCUT2D eigenvalue weighted by Crippen LogP contribution is 2.28. The van der Waals surface area contributed by atoms with E-state index >= 15 is 0 Å². The van der Waals surface area contributed by atoms with Gasteiger partial charge in [0.05, 0.1) is 6.04 Å². The summed E-state index contributed by atoms with van der Waals surface area (Å²) >= 11 is 6.56. The highest BCUT2D eigenvalue weighted by molar-refractivity contribution is 9.10. The van der Waals surface area contributed by atoms with Crippen molar-refractivity contribution in [1.29, 1.82) is 0 Å². The van der Waals surface area contributed by atoms with Crippen LogP contribution in [0.2, 0.25) is 0 Å². The van der Waals surface area contributed by atoms with Crippen molar-refractivity contribution in [2.75, 3.05) is 0 Å². The maximum atomic E-state index is 13.9. The molecule has 0 saturated heterocycles. The zero-order valence-electron chi connectivity index (χ0n) is 10.3. The molecule has 0 bridgehead atoms. The maximum Gasteiger partial charge on any atom is 0.127 e. The Balaban J connectivity index is 2.31. The summed E-state index contributed by atoms with van der Waals surface area (Å²) < 4.78 is 28.6. The van der Waals surface area contributed by atoms with Gasteiger partial charge in [0.1, 0.15) is 11.6 Å². The Labute approximate surface area is 132 Å². The largest absolute Gasteiger partial charge is 0.271 e. The number of halogens is 4. The molecule has 0 radical (unpaired) electrons. The lowest BCUT2D eigenvalue weighted by atomic mass is 9.99. The van der Waals surface area contributed by atoms with E-state index in [0.29, 0.717) is 22.0 Å². The van der Waals surface area contributed by atoms with E-state index in [1.807, 2.05) is 0 Å². The molecule has 20 heavy (non-hydrogen) atoms. The summed E-state index contributed by atoms with van der Waals surface area (Å²) in [5.74, 6) is 4.84. The van der Waals surface area contributed by atoms with Gasteiger partial charge in [-0.15, -0.1) is 0 Å². The third-order valence-electron chi connectivity index (χ3n) is 2.97.